The molecule has 2 saturated heterocycles. The molecular weight excluding hydrogens is 376 g/mol. The zero-order valence-corrected chi connectivity index (χ0v) is 17.2. The molecule has 0 radical (unpaired) electrons. The van der Waals surface area contributed by atoms with Crippen LogP contribution in [0.2, 0.25) is 0 Å². The topological polar surface area (TPSA) is 78.3 Å². The minimum Gasteiger partial charge on any atom is -0.396 e. The van der Waals surface area contributed by atoms with Gasteiger partial charge in [-0.25, -0.2) is 9.97 Å². The van der Waals surface area contributed by atoms with Crippen molar-refractivity contribution >= 4 is 16.7 Å². The molecule has 3 aromatic heterocycles. The number of anilines is 1. The summed E-state index contributed by atoms with van der Waals surface area (Å²) in [6.07, 6.45) is 11.7. The van der Waals surface area contributed by atoms with Gasteiger partial charge in [0.2, 0.25) is 0 Å². The van der Waals surface area contributed by atoms with Gasteiger partial charge in [-0.15, -0.1) is 0 Å². The highest BCUT2D eigenvalue weighted by Gasteiger charge is 2.40. The predicted octanol–water partition coefficient (Wildman–Crippen LogP) is 2.76. The maximum atomic E-state index is 9.13. The van der Waals surface area contributed by atoms with Gasteiger partial charge in [0.15, 0.2) is 5.82 Å². The lowest BCUT2D eigenvalue weighted by molar-refractivity contribution is 0.196. The summed E-state index contributed by atoms with van der Waals surface area (Å²) in [6, 6.07) is 5.93. The highest BCUT2D eigenvalue weighted by molar-refractivity contribution is 5.90. The molecule has 7 nitrogen and oxygen atoms in total. The van der Waals surface area contributed by atoms with Crippen LogP contribution in [0.4, 0.5) is 5.82 Å². The van der Waals surface area contributed by atoms with Crippen LogP contribution in [0, 0.1) is 5.41 Å². The van der Waals surface area contributed by atoms with E-state index in [4.69, 9.17) is 15.1 Å². The van der Waals surface area contributed by atoms with Crippen molar-refractivity contribution in [1.29, 1.82) is 0 Å². The van der Waals surface area contributed by atoms with E-state index < -0.39 is 0 Å². The Morgan fingerprint density at radius 1 is 0.933 bits per heavy atom. The molecule has 3 aromatic rings. The Hall–Kier alpha value is -2.64. The van der Waals surface area contributed by atoms with E-state index in [1.165, 1.54) is 19.3 Å². The number of likely N-dealkylation sites (tertiary alicyclic amines) is 1. The standard InChI is InChI=1S/C23H28N6O/c30-15-1-11-28-12-5-23(17-28)6-13-29(14-7-23)22-19-4-10-25-16-20(19)26-21(27-22)18-2-8-24-9-3-18/h2-4,8-10,16,30H,1,5-7,11-15,17H2. The monoisotopic (exact) mass is 404 g/mol. The molecule has 30 heavy (non-hydrogen) atoms. The smallest absolute Gasteiger partial charge is 0.162 e. The molecule has 5 heterocycles. The summed E-state index contributed by atoms with van der Waals surface area (Å²) in [4.78, 5) is 23.1. The van der Waals surface area contributed by atoms with E-state index in [0.29, 0.717) is 5.41 Å². The summed E-state index contributed by atoms with van der Waals surface area (Å²) >= 11 is 0. The van der Waals surface area contributed by atoms with Gasteiger partial charge in [0.05, 0.1) is 11.7 Å². The highest BCUT2D eigenvalue weighted by Crippen LogP contribution is 2.42. The number of aliphatic hydroxyl groups is 1. The number of rotatable bonds is 5. The largest absolute Gasteiger partial charge is 0.396 e. The Balaban J connectivity index is 1.39. The summed E-state index contributed by atoms with van der Waals surface area (Å²) in [5.74, 6) is 1.74. The van der Waals surface area contributed by atoms with Gasteiger partial charge in [0.25, 0.3) is 0 Å². The maximum absolute atomic E-state index is 9.13. The number of hydrogen-bond acceptors (Lipinski definition) is 7. The van der Waals surface area contributed by atoms with Crippen molar-refractivity contribution in [3.8, 4) is 11.4 Å². The first kappa shape index (κ1) is 19.3. The van der Waals surface area contributed by atoms with Crippen molar-refractivity contribution in [2.75, 3.05) is 44.2 Å². The average Bonchev–Trinajstić information content (AvgIpc) is 3.20. The van der Waals surface area contributed by atoms with Gasteiger partial charge in [-0.05, 0) is 55.8 Å². The van der Waals surface area contributed by atoms with E-state index in [1.807, 2.05) is 30.6 Å². The van der Waals surface area contributed by atoms with Gasteiger partial charge in [0.1, 0.15) is 5.82 Å². The molecule has 2 aliphatic rings. The van der Waals surface area contributed by atoms with Crippen LogP contribution in [-0.2, 0) is 0 Å². The van der Waals surface area contributed by atoms with Crippen molar-refractivity contribution in [3.05, 3.63) is 43.0 Å². The second kappa shape index (κ2) is 8.24. The quantitative estimate of drug-likeness (QED) is 0.700. The van der Waals surface area contributed by atoms with E-state index in [2.05, 4.69) is 19.8 Å². The first-order valence-corrected chi connectivity index (χ1v) is 10.9. The number of piperidine rings is 1. The summed E-state index contributed by atoms with van der Waals surface area (Å²) in [6.45, 7) is 5.65. The van der Waals surface area contributed by atoms with E-state index in [-0.39, 0.29) is 6.61 Å². The van der Waals surface area contributed by atoms with Crippen molar-refractivity contribution < 1.29 is 5.11 Å². The fraction of sp³-hybridized carbons (Fsp3) is 0.478. The van der Waals surface area contributed by atoms with Crippen LogP contribution in [0.25, 0.3) is 22.3 Å². The fourth-order valence-corrected chi connectivity index (χ4v) is 4.95. The number of aliphatic hydroxyl groups excluding tert-OH is 1. The highest BCUT2D eigenvalue weighted by atomic mass is 16.3. The molecular formula is C23H28N6O. The SMILES string of the molecule is OCCCN1CCC2(CCN(c3nc(-c4ccncc4)nc4cnccc34)CC2)C1. The van der Waals surface area contributed by atoms with Crippen LogP contribution < -0.4 is 4.90 Å². The maximum Gasteiger partial charge on any atom is 0.162 e. The normalized spacial score (nSPS) is 19.0. The molecule has 0 aromatic carbocycles. The number of fused-ring (bicyclic) bond motifs is 1. The first-order chi connectivity index (χ1) is 14.8. The van der Waals surface area contributed by atoms with Crippen molar-refractivity contribution in [1.82, 2.24) is 24.8 Å². The third-order valence-corrected chi connectivity index (χ3v) is 6.69. The molecule has 1 N–H and O–H groups in total. The minimum atomic E-state index is 0.284. The second-order valence-corrected chi connectivity index (χ2v) is 8.59. The van der Waals surface area contributed by atoms with Crippen LogP contribution in [0.5, 0.6) is 0 Å². The third kappa shape index (κ3) is 3.75. The molecule has 156 valence electrons. The van der Waals surface area contributed by atoms with Gasteiger partial charge < -0.3 is 14.9 Å². The zero-order chi connectivity index (χ0) is 20.4. The Labute approximate surface area is 176 Å². The first-order valence-electron chi connectivity index (χ1n) is 10.9. The molecule has 0 saturated carbocycles. The molecule has 0 bridgehead atoms. The molecule has 0 unspecified atom stereocenters. The number of pyridine rings is 2. The average molecular weight is 405 g/mol. The molecule has 2 aliphatic heterocycles. The summed E-state index contributed by atoms with van der Waals surface area (Å²) < 4.78 is 0. The van der Waals surface area contributed by atoms with Gasteiger partial charge >= 0.3 is 0 Å². The summed E-state index contributed by atoms with van der Waals surface area (Å²) in [7, 11) is 0. The van der Waals surface area contributed by atoms with Crippen LogP contribution >= 0.6 is 0 Å². The molecule has 5 rings (SSSR count). The van der Waals surface area contributed by atoms with Crippen molar-refractivity contribution in [2.45, 2.75) is 25.7 Å². The Morgan fingerprint density at radius 2 is 1.70 bits per heavy atom. The number of hydrogen-bond donors (Lipinski definition) is 1. The Kier molecular flexibility index (Phi) is 5.31. The molecule has 7 heteroatoms. The van der Waals surface area contributed by atoms with Gasteiger partial charge in [0, 0.05) is 62.3 Å². The molecule has 0 amide bonds. The number of aromatic nitrogens is 4. The third-order valence-electron chi connectivity index (χ3n) is 6.69. The summed E-state index contributed by atoms with van der Waals surface area (Å²) in [5.41, 5.74) is 2.27. The zero-order valence-electron chi connectivity index (χ0n) is 17.2. The van der Waals surface area contributed by atoms with Gasteiger partial charge in [-0.2, -0.15) is 0 Å². The van der Waals surface area contributed by atoms with Crippen LogP contribution in [-0.4, -0.2) is 69.3 Å². The van der Waals surface area contributed by atoms with Crippen LogP contribution in [0.1, 0.15) is 25.7 Å². The Morgan fingerprint density at radius 3 is 2.50 bits per heavy atom. The van der Waals surface area contributed by atoms with Crippen molar-refractivity contribution in [2.24, 2.45) is 5.41 Å². The summed E-state index contributed by atoms with van der Waals surface area (Å²) in [5, 5.41) is 10.2. The van der Waals surface area contributed by atoms with Crippen LogP contribution in [0.3, 0.4) is 0 Å². The second-order valence-electron chi connectivity index (χ2n) is 8.59. The lowest BCUT2D eigenvalue weighted by atomic mass is 9.77. The minimum absolute atomic E-state index is 0.284. The van der Waals surface area contributed by atoms with E-state index in [1.54, 1.807) is 12.4 Å². The molecule has 2 fully saturated rings. The van der Waals surface area contributed by atoms with E-state index in [9.17, 15) is 0 Å². The fourth-order valence-electron chi connectivity index (χ4n) is 4.95. The lowest BCUT2D eigenvalue weighted by Gasteiger charge is -2.40. The number of nitrogens with zero attached hydrogens (tertiary/aromatic N) is 6. The molecule has 0 aliphatic carbocycles. The van der Waals surface area contributed by atoms with Gasteiger partial charge in [-0.1, -0.05) is 0 Å². The van der Waals surface area contributed by atoms with E-state index in [0.717, 1.165) is 67.3 Å². The van der Waals surface area contributed by atoms with E-state index >= 15 is 0 Å². The predicted molar refractivity (Wildman–Crippen MR) is 117 cm³/mol. The van der Waals surface area contributed by atoms with Gasteiger partial charge in [-0.3, -0.25) is 9.97 Å². The van der Waals surface area contributed by atoms with Crippen LogP contribution in [0.15, 0.2) is 43.0 Å². The molecule has 1 spiro atoms. The molecule has 0 atom stereocenters. The van der Waals surface area contributed by atoms with Crippen molar-refractivity contribution in [3.63, 3.8) is 0 Å². The lowest BCUT2D eigenvalue weighted by Crippen LogP contribution is -2.42. The Bertz CT molecular complexity index is 1000.